The molecule has 0 spiro atoms. The Morgan fingerprint density at radius 3 is 2.36 bits per heavy atom. The lowest BCUT2D eigenvalue weighted by Gasteiger charge is -2.36. The van der Waals surface area contributed by atoms with Crippen molar-refractivity contribution in [2.45, 2.75) is 13.5 Å². The second kappa shape index (κ2) is 10.4. The molecule has 2 N–H and O–H groups in total. The Morgan fingerprint density at radius 1 is 0.960 bits per heavy atom. The van der Waals surface area contributed by atoms with E-state index in [1.807, 2.05) is 25.1 Å². The van der Waals surface area contributed by atoms with Crippen molar-refractivity contribution < 1.29 is 4.74 Å². The first kappa shape index (κ1) is 21.4. The van der Waals surface area contributed by atoms with Gasteiger partial charge in [0.15, 0.2) is 0 Å². The first-order chi connectivity index (χ1) is 11.3. The monoisotopic (exact) mass is 383 g/mol. The van der Waals surface area contributed by atoms with Gasteiger partial charge in [-0.05, 0) is 36.8 Å². The van der Waals surface area contributed by atoms with Gasteiger partial charge in [0.25, 0.3) is 0 Å². The Bertz CT molecular complexity index is 646. The number of hydrogen-bond donors (Lipinski definition) is 1. The lowest BCUT2D eigenvalue weighted by atomic mass is 10.1. The zero-order valence-electron chi connectivity index (χ0n) is 14.6. The molecule has 2 aromatic carbocycles. The molecule has 25 heavy (non-hydrogen) atoms. The molecule has 1 aliphatic heterocycles. The van der Waals surface area contributed by atoms with Gasteiger partial charge in [0.1, 0.15) is 5.75 Å². The number of halogens is 2. The Morgan fingerprint density at radius 2 is 1.68 bits per heavy atom. The number of para-hydroxylation sites is 2. The summed E-state index contributed by atoms with van der Waals surface area (Å²) < 4.78 is 5.76. The minimum absolute atomic E-state index is 0. The van der Waals surface area contributed by atoms with Crippen molar-refractivity contribution in [1.82, 2.24) is 4.90 Å². The summed E-state index contributed by atoms with van der Waals surface area (Å²) in [5.74, 6) is 0.985. The van der Waals surface area contributed by atoms with Gasteiger partial charge in [-0.2, -0.15) is 0 Å². The molecule has 0 amide bonds. The third-order valence-electron chi connectivity index (χ3n) is 4.24. The van der Waals surface area contributed by atoms with Crippen LogP contribution in [0.1, 0.15) is 12.5 Å². The van der Waals surface area contributed by atoms with Crippen molar-refractivity contribution >= 4 is 36.2 Å². The molecule has 1 heterocycles. The second-order valence-electron chi connectivity index (χ2n) is 5.91. The molecule has 0 atom stereocenters. The summed E-state index contributed by atoms with van der Waals surface area (Å²) in [6, 6.07) is 16.5. The standard InChI is InChI=1S/C19H25N3O.2ClH/c1-2-23-19-9-4-3-8-18(19)22-12-10-21(11-13-22)15-16-6-5-7-17(20)14-16;;/h3-9,14H,2,10-13,15,20H2,1H3;2*1H. The molecule has 0 bridgehead atoms. The maximum atomic E-state index is 5.87. The summed E-state index contributed by atoms with van der Waals surface area (Å²) in [4.78, 5) is 4.90. The van der Waals surface area contributed by atoms with Gasteiger partial charge in [0, 0.05) is 38.4 Å². The molecule has 2 aromatic rings. The van der Waals surface area contributed by atoms with Gasteiger partial charge in [0.05, 0.1) is 12.3 Å². The molecule has 138 valence electrons. The SMILES string of the molecule is CCOc1ccccc1N1CCN(Cc2cccc(N)c2)CC1.Cl.Cl. The van der Waals surface area contributed by atoms with Crippen LogP contribution in [-0.2, 0) is 6.54 Å². The molecule has 0 unspecified atom stereocenters. The number of nitrogen functional groups attached to an aromatic ring is 1. The highest BCUT2D eigenvalue weighted by molar-refractivity contribution is 5.85. The number of ether oxygens (including phenoxy) is 1. The second-order valence-corrected chi connectivity index (χ2v) is 5.91. The van der Waals surface area contributed by atoms with Crippen molar-refractivity contribution in [2.24, 2.45) is 0 Å². The van der Waals surface area contributed by atoms with Crippen molar-refractivity contribution in [3.05, 3.63) is 54.1 Å². The van der Waals surface area contributed by atoms with Crippen molar-refractivity contribution in [2.75, 3.05) is 43.4 Å². The summed E-state index contributed by atoms with van der Waals surface area (Å²) in [6.07, 6.45) is 0. The minimum Gasteiger partial charge on any atom is -0.492 e. The zero-order chi connectivity index (χ0) is 16.1. The summed E-state index contributed by atoms with van der Waals surface area (Å²) in [7, 11) is 0. The van der Waals surface area contributed by atoms with Crippen molar-refractivity contribution in [3.63, 3.8) is 0 Å². The van der Waals surface area contributed by atoms with E-state index >= 15 is 0 Å². The van der Waals surface area contributed by atoms with E-state index in [1.165, 1.54) is 11.3 Å². The molecule has 0 radical (unpaired) electrons. The van der Waals surface area contributed by atoms with Crippen LogP contribution in [0, 0.1) is 0 Å². The molecule has 3 rings (SSSR count). The van der Waals surface area contributed by atoms with E-state index in [9.17, 15) is 0 Å². The van der Waals surface area contributed by atoms with E-state index < -0.39 is 0 Å². The Labute approximate surface area is 162 Å². The first-order valence-electron chi connectivity index (χ1n) is 8.30. The van der Waals surface area contributed by atoms with E-state index in [-0.39, 0.29) is 24.8 Å². The predicted octanol–water partition coefficient (Wildman–Crippen LogP) is 3.83. The Kier molecular flexibility index (Phi) is 8.90. The zero-order valence-corrected chi connectivity index (χ0v) is 16.2. The van der Waals surface area contributed by atoms with Crippen molar-refractivity contribution in [3.8, 4) is 5.75 Å². The molecule has 1 aliphatic rings. The lowest BCUT2D eigenvalue weighted by molar-refractivity contribution is 0.248. The number of nitrogens with two attached hydrogens (primary N) is 1. The molecule has 0 aromatic heterocycles. The van der Waals surface area contributed by atoms with Gasteiger partial charge >= 0.3 is 0 Å². The number of hydrogen-bond acceptors (Lipinski definition) is 4. The van der Waals surface area contributed by atoms with Crippen LogP contribution in [-0.4, -0.2) is 37.7 Å². The van der Waals surface area contributed by atoms with E-state index in [2.05, 4.69) is 40.1 Å². The predicted molar refractivity (Wildman–Crippen MR) is 110 cm³/mol. The topological polar surface area (TPSA) is 41.7 Å². The average Bonchev–Trinajstić information content (AvgIpc) is 2.57. The van der Waals surface area contributed by atoms with E-state index in [0.717, 1.165) is 44.2 Å². The van der Waals surface area contributed by atoms with E-state index in [1.54, 1.807) is 0 Å². The van der Waals surface area contributed by atoms with Crippen LogP contribution in [0.25, 0.3) is 0 Å². The lowest BCUT2D eigenvalue weighted by Crippen LogP contribution is -2.46. The molecule has 1 saturated heterocycles. The number of piperazine rings is 1. The molecule has 6 heteroatoms. The smallest absolute Gasteiger partial charge is 0.142 e. The van der Waals surface area contributed by atoms with Crippen LogP contribution < -0.4 is 15.4 Å². The summed E-state index contributed by atoms with van der Waals surface area (Å²) in [6.45, 7) is 7.84. The molecular weight excluding hydrogens is 357 g/mol. The van der Waals surface area contributed by atoms with Crippen LogP contribution in [0.3, 0.4) is 0 Å². The van der Waals surface area contributed by atoms with Gasteiger partial charge in [-0.1, -0.05) is 24.3 Å². The van der Waals surface area contributed by atoms with Gasteiger partial charge < -0.3 is 15.4 Å². The normalized spacial score (nSPS) is 14.4. The third kappa shape index (κ3) is 5.70. The average molecular weight is 384 g/mol. The fraction of sp³-hybridized carbons (Fsp3) is 0.368. The Hall–Kier alpha value is -1.62. The molecule has 0 aliphatic carbocycles. The minimum atomic E-state index is 0. The van der Waals surface area contributed by atoms with Crippen molar-refractivity contribution in [1.29, 1.82) is 0 Å². The summed E-state index contributed by atoms with van der Waals surface area (Å²) >= 11 is 0. The van der Waals surface area contributed by atoms with Gasteiger partial charge in [-0.15, -0.1) is 24.8 Å². The van der Waals surface area contributed by atoms with Crippen LogP contribution in [0.15, 0.2) is 48.5 Å². The number of rotatable bonds is 5. The highest BCUT2D eigenvalue weighted by Crippen LogP contribution is 2.29. The molecule has 0 saturated carbocycles. The number of benzene rings is 2. The maximum Gasteiger partial charge on any atom is 0.142 e. The van der Waals surface area contributed by atoms with Crippen LogP contribution in [0.4, 0.5) is 11.4 Å². The van der Waals surface area contributed by atoms with Gasteiger partial charge in [0.2, 0.25) is 0 Å². The maximum absolute atomic E-state index is 5.87. The van der Waals surface area contributed by atoms with Crippen LogP contribution >= 0.6 is 24.8 Å². The number of nitrogens with zero attached hydrogens (tertiary/aromatic N) is 2. The third-order valence-corrected chi connectivity index (χ3v) is 4.24. The van der Waals surface area contributed by atoms with E-state index in [0.29, 0.717) is 6.61 Å². The fourth-order valence-electron chi connectivity index (χ4n) is 3.09. The molecular formula is C19H27Cl2N3O. The quantitative estimate of drug-likeness (QED) is 0.796. The number of anilines is 2. The van der Waals surface area contributed by atoms with Crippen LogP contribution in [0.5, 0.6) is 5.75 Å². The largest absolute Gasteiger partial charge is 0.492 e. The van der Waals surface area contributed by atoms with Crippen LogP contribution in [0.2, 0.25) is 0 Å². The van der Waals surface area contributed by atoms with Gasteiger partial charge in [-0.3, -0.25) is 4.90 Å². The van der Waals surface area contributed by atoms with E-state index in [4.69, 9.17) is 10.5 Å². The molecule has 1 fully saturated rings. The highest BCUT2D eigenvalue weighted by Gasteiger charge is 2.19. The first-order valence-corrected chi connectivity index (χ1v) is 8.30. The fourth-order valence-corrected chi connectivity index (χ4v) is 3.09. The molecule has 4 nitrogen and oxygen atoms in total. The summed E-state index contributed by atoms with van der Waals surface area (Å²) in [5.41, 5.74) is 9.20. The Balaban J connectivity index is 0.00000156. The highest BCUT2D eigenvalue weighted by atomic mass is 35.5. The van der Waals surface area contributed by atoms with Gasteiger partial charge in [-0.25, -0.2) is 0 Å². The summed E-state index contributed by atoms with van der Waals surface area (Å²) in [5, 5.41) is 0.